The summed E-state index contributed by atoms with van der Waals surface area (Å²) in [5.41, 5.74) is 0. The molecule has 1 rings (SSSR count). The van der Waals surface area contributed by atoms with Gasteiger partial charge in [-0.25, -0.2) is 4.79 Å². The second-order valence-electron chi connectivity index (χ2n) is 3.13. The maximum absolute atomic E-state index is 12.7. The maximum Gasteiger partial charge on any atom is 0.375 e. The Balaban J connectivity index is 2.45. The first-order chi connectivity index (χ1) is 6.42. The number of hydrogen-bond acceptors (Lipinski definition) is 3. The molecule has 0 unspecified atom stereocenters. The zero-order chi connectivity index (χ0) is 10.8. The van der Waals surface area contributed by atoms with Crippen LogP contribution in [0.25, 0.3) is 0 Å². The molecule has 0 bridgehead atoms. The number of carboxylic acid groups (broad SMARTS) is 1. The molecule has 0 aliphatic carbocycles. The Bertz CT molecular complexity index is 249. The Morgan fingerprint density at radius 1 is 1.43 bits per heavy atom. The highest BCUT2D eigenvalue weighted by Gasteiger charge is 2.41. The van der Waals surface area contributed by atoms with Crippen LogP contribution in [0.5, 0.6) is 0 Å². The van der Waals surface area contributed by atoms with Crippen molar-refractivity contribution in [2.75, 3.05) is 31.1 Å². The lowest BCUT2D eigenvalue weighted by Gasteiger charge is -2.28. The average molecular weight is 227 g/mol. The van der Waals surface area contributed by atoms with Crippen LogP contribution in [-0.2, 0) is 15.6 Å². The van der Waals surface area contributed by atoms with Crippen molar-refractivity contribution in [1.82, 2.24) is 4.90 Å². The minimum absolute atomic E-state index is 0.273. The van der Waals surface area contributed by atoms with E-state index >= 15 is 0 Å². The summed E-state index contributed by atoms with van der Waals surface area (Å²) in [5.74, 6) is -5.13. The van der Waals surface area contributed by atoms with E-state index in [4.69, 9.17) is 5.11 Å². The molecule has 0 spiro atoms. The van der Waals surface area contributed by atoms with E-state index < -0.39 is 29.2 Å². The summed E-state index contributed by atoms with van der Waals surface area (Å²) < 4.78 is 36.3. The predicted molar refractivity (Wildman–Crippen MR) is 46.9 cm³/mol. The number of nitrogens with zero attached hydrogens (tertiary/aromatic N) is 1. The van der Waals surface area contributed by atoms with E-state index in [1.54, 1.807) is 0 Å². The minimum Gasteiger partial charge on any atom is -0.477 e. The van der Waals surface area contributed by atoms with Crippen molar-refractivity contribution in [3.05, 3.63) is 0 Å². The van der Waals surface area contributed by atoms with E-state index in [2.05, 4.69) is 0 Å². The fourth-order valence-electron chi connectivity index (χ4n) is 1.18. The predicted octanol–water partition coefficient (Wildman–Crippen LogP) is -0.229. The first kappa shape index (κ1) is 11.5. The molecule has 0 aromatic carbocycles. The van der Waals surface area contributed by atoms with Gasteiger partial charge in [-0.15, -0.1) is 0 Å². The van der Waals surface area contributed by atoms with Gasteiger partial charge in [-0.1, -0.05) is 0 Å². The first-order valence-electron chi connectivity index (χ1n) is 4.10. The third-order valence-corrected chi connectivity index (χ3v) is 3.28. The highest BCUT2D eigenvalue weighted by atomic mass is 32.2. The summed E-state index contributed by atoms with van der Waals surface area (Å²) in [6.45, 7) is -0.246. The number of aliphatic carboxylic acids is 1. The lowest BCUT2D eigenvalue weighted by atomic mass is 10.3. The van der Waals surface area contributed by atoms with Crippen LogP contribution in [0.1, 0.15) is 0 Å². The van der Waals surface area contributed by atoms with E-state index in [9.17, 15) is 17.8 Å². The Morgan fingerprint density at radius 2 is 1.93 bits per heavy atom. The molecule has 0 atom stereocenters. The maximum atomic E-state index is 12.7. The van der Waals surface area contributed by atoms with Gasteiger partial charge in [0.2, 0.25) is 0 Å². The molecule has 1 fully saturated rings. The molecule has 4 nitrogen and oxygen atoms in total. The van der Waals surface area contributed by atoms with Crippen LogP contribution in [0.3, 0.4) is 0 Å². The third-order valence-electron chi connectivity index (χ3n) is 2.01. The monoisotopic (exact) mass is 227 g/mol. The van der Waals surface area contributed by atoms with Crippen LogP contribution in [0.2, 0.25) is 0 Å². The molecule has 1 saturated heterocycles. The normalized spacial score (nSPS) is 21.0. The molecule has 1 aliphatic rings. The van der Waals surface area contributed by atoms with Gasteiger partial charge in [0, 0.05) is 35.4 Å². The third kappa shape index (κ3) is 2.98. The van der Waals surface area contributed by atoms with Crippen LogP contribution in [0, 0.1) is 0 Å². The molecule has 82 valence electrons. The summed E-state index contributed by atoms with van der Waals surface area (Å²) >= 11 is 0. The summed E-state index contributed by atoms with van der Waals surface area (Å²) in [6.07, 6.45) is 0. The highest BCUT2D eigenvalue weighted by molar-refractivity contribution is 7.85. The van der Waals surface area contributed by atoms with E-state index in [1.807, 2.05) is 0 Å². The van der Waals surface area contributed by atoms with Crippen LogP contribution in [0.15, 0.2) is 0 Å². The van der Waals surface area contributed by atoms with Crippen molar-refractivity contribution < 1.29 is 22.9 Å². The summed E-state index contributed by atoms with van der Waals surface area (Å²) in [5, 5.41) is 8.19. The molecule has 1 N–H and O–H groups in total. The molecule has 0 aromatic rings. The largest absolute Gasteiger partial charge is 0.477 e. The minimum atomic E-state index is -3.71. The fraction of sp³-hybridized carbons (Fsp3) is 0.857. The number of alkyl halides is 2. The average Bonchev–Trinajstić information content (AvgIpc) is 2.08. The highest BCUT2D eigenvalue weighted by Crippen LogP contribution is 2.16. The number of carboxylic acids is 1. The van der Waals surface area contributed by atoms with Crippen LogP contribution < -0.4 is 0 Å². The number of hydrogen-bond donors (Lipinski definition) is 1. The van der Waals surface area contributed by atoms with E-state index in [-0.39, 0.29) is 13.1 Å². The van der Waals surface area contributed by atoms with Crippen molar-refractivity contribution in [3.8, 4) is 0 Å². The standard InChI is InChI=1S/C7H11F2NO3S/c8-7(9,6(11)12)5-10-1-3-14(13)4-2-10/h1-5H2,(H,11,12). The van der Waals surface area contributed by atoms with E-state index in [0.29, 0.717) is 11.5 Å². The molecule has 1 aliphatic heterocycles. The zero-order valence-electron chi connectivity index (χ0n) is 7.41. The van der Waals surface area contributed by atoms with Crippen molar-refractivity contribution >= 4 is 16.8 Å². The van der Waals surface area contributed by atoms with E-state index in [1.165, 1.54) is 4.90 Å². The molecule has 14 heavy (non-hydrogen) atoms. The van der Waals surface area contributed by atoms with Crippen LogP contribution in [-0.4, -0.2) is 57.2 Å². The number of carbonyl (C=O) groups is 1. The smallest absolute Gasteiger partial charge is 0.375 e. The lowest BCUT2D eigenvalue weighted by molar-refractivity contribution is -0.167. The van der Waals surface area contributed by atoms with Gasteiger partial charge in [-0.3, -0.25) is 9.11 Å². The van der Waals surface area contributed by atoms with Gasteiger partial charge >= 0.3 is 11.9 Å². The quantitative estimate of drug-likeness (QED) is 0.723. The van der Waals surface area contributed by atoms with Gasteiger partial charge < -0.3 is 5.11 Å². The Kier molecular flexibility index (Phi) is 3.54. The Hall–Kier alpha value is -0.560. The van der Waals surface area contributed by atoms with Gasteiger partial charge in [-0.2, -0.15) is 8.78 Å². The molecule has 0 radical (unpaired) electrons. The van der Waals surface area contributed by atoms with Crippen LogP contribution >= 0.6 is 0 Å². The molecule has 1 heterocycles. The SMILES string of the molecule is O=C(O)C(F)(F)CN1CCS(=O)CC1. The summed E-state index contributed by atoms with van der Waals surface area (Å²) in [7, 11) is -0.934. The van der Waals surface area contributed by atoms with Gasteiger partial charge in [0.1, 0.15) is 0 Å². The fourth-order valence-corrected chi connectivity index (χ4v) is 2.31. The Labute approximate surface area is 82.3 Å². The molecule has 0 saturated carbocycles. The van der Waals surface area contributed by atoms with Crippen molar-refractivity contribution in [3.63, 3.8) is 0 Å². The zero-order valence-corrected chi connectivity index (χ0v) is 8.23. The molecule has 0 amide bonds. The molecular weight excluding hydrogens is 216 g/mol. The molecule has 0 aromatic heterocycles. The topological polar surface area (TPSA) is 57.6 Å². The van der Waals surface area contributed by atoms with Gasteiger partial charge in [0.05, 0.1) is 6.54 Å². The van der Waals surface area contributed by atoms with Crippen molar-refractivity contribution in [1.29, 1.82) is 0 Å². The van der Waals surface area contributed by atoms with Gasteiger partial charge in [0.25, 0.3) is 0 Å². The Morgan fingerprint density at radius 3 is 2.36 bits per heavy atom. The van der Waals surface area contributed by atoms with Crippen molar-refractivity contribution in [2.45, 2.75) is 5.92 Å². The second kappa shape index (κ2) is 4.31. The first-order valence-corrected chi connectivity index (χ1v) is 5.59. The van der Waals surface area contributed by atoms with Gasteiger partial charge in [-0.05, 0) is 0 Å². The van der Waals surface area contributed by atoms with Crippen molar-refractivity contribution in [2.24, 2.45) is 0 Å². The second-order valence-corrected chi connectivity index (χ2v) is 4.83. The van der Waals surface area contributed by atoms with E-state index in [0.717, 1.165) is 0 Å². The molecular formula is C7H11F2NO3S. The number of rotatable bonds is 3. The van der Waals surface area contributed by atoms with Crippen LogP contribution in [0.4, 0.5) is 8.78 Å². The summed E-state index contributed by atoms with van der Waals surface area (Å²) in [6, 6.07) is 0. The van der Waals surface area contributed by atoms with Gasteiger partial charge in [0.15, 0.2) is 0 Å². The number of halogens is 2. The lowest BCUT2D eigenvalue weighted by Crippen LogP contribution is -2.47. The summed E-state index contributed by atoms with van der Waals surface area (Å²) in [4.78, 5) is 11.5. The molecule has 7 heteroatoms.